The number of methoxy groups -OCH3 is 1. The summed E-state index contributed by atoms with van der Waals surface area (Å²) in [5, 5.41) is 3.37. The van der Waals surface area contributed by atoms with E-state index in [-0.39, 0.29) is 11.9 Å². The lowest BCUT2D eigenvalue weighted by molar-refractivity contribution is -0.146. The Morgan fingerprint density at radius 2 is 2.05 bits per heavy atom. The Morgan fingerprint density at radius 3 is 2.55 bits per heavy atom. The summed E-state index contributed by atoms with van der Waals surface area (Å²) in [5.41, 5.74) is 0. The summed E-state index contributed by atoms with van der Waals surface area (Å²) in [6, 6.07) is 0. The van der Waals surface area contributed by atoms with Crippen LogP contribution in [0.5, 0.6) is 0 Å². The fourth-order valence-electron chi connectivity index (χ4n) is 2.78. The van der Waals surface area contributed by atoms with Crippen molar-refractivity contribution in [1.29, 1.82) is 0 Å². The average molecular weight is 281 g/mol. The van der Waals surface area contributed by atoms with E-state index in [0.717, 1.165) is 56.8 Å². The van der Waals surface area contributed by atoms with Crippen molar-refractivity contribution in [3.8, 4) is 0 Å². The molecule has 20 heavy (non-hydrogen) atoms. The zero-order chi connectivity index (χ0) is 14.5. The van der Waals surface area contributed by atoms with Crippen LogP contribution in [-0.2, 0) is 9.53 Å². The predicted octanol–water partition coefficient (Wildman–Crippen LogP) is 1.49. The second kappa shape index (κ2) is 6.95. The minimum Gasteiger partial charge on any atom is -0.469 e. The number of likely N-dealkylation sites (tertiary alicyclic amines) is 1. The molecular formula is C15H27N3O2. The lowest BCUT2D eigenvalue weighted by Crippen LogP contribution is -2.46. The number of carbonyl (C=O) groups is 1. The van der Waals surface area contributed by atoms with Crippen LogP contribution in [0.25, 0.3) is 0 Å². The van der Waals surface area contributed by atoms with Crippen molar-refractivity contribution >= 4 is 11.9 Å². The molecule has 1 saturated carbocycles. The van der Waals surface area contributed by atoms with Crippen LogP contribution >= 0.6 is 0 Å². The molecule has 1 saturated heterocycles. The monoisotopic (exact) mass is 281 g/mol. The van der Waals surface area contributed by atoms with Gasteiger partial charge in [0.1, 0.15) is 0 Å². The zero-order valence-electron chi connectivity index (χ0n) is 12.9. The van der Waals surface area contributed by atoms with Crippen molar-refractivity contribution in [2.24, 2.45) is 22.7 Å². The van der Waals surface area contributed by atoms with E-state index in [1.807, 2.05) is 0 Å². The summed E-state index contributed by atoms with van der Waals surface area (Å²) >= 11 is 0. The van der Waals surface area contributed by atoms with E-state index >= 15 is 0 Å². The number of ether oxygens (including phenoxy) is 1. The van der Waals surface area contributed by atoms with Crippen molar-refractivity contribution in [2.75, 3.05) is 33.3 Å². The van der Waals surface area contributed by atoms with Gasteiger partial charge in [-0.05, 0) is 38.0 Å². The standard InChI is InChI=1S/C15H27N3O2/c1-4-16-15(17-10-13-9-11(13)2)18-7-5-12(6-8-18)14(19)20-3/h11-13H,4-10H2,1-3H3,(H,16,17). The summed E-state index contributed by atoms with van der Waals surface area (Å²) in [6.45, 7) is 7.96. The molecule has 0 amide bonds. The van der Waals surface area contributed by atoms with Gasteiger partial charge in [0, 0.05) is 26.2 Å². The van der Waals surface area contributed by atoms with E-state index in [1.54, 1.807) is 0 Å². The molecule has 0 aromatic carbocycles. The van der Waals surface area contributed by atoms with Crippen LogP contribution in [0.3, 0.4) is 0 Å². The van der Waals surface area contributed by atoms with Crippen molar-refractivity contribution in [1.82, 2.24) is 10.2 Å². The Morgan fingerprint density at radius 1 is 1.40 bits per heavy atom. The molecule has 1 N–H and O–H groups in total. The van der Waals surface area contributed by atoms with Gasteiger partial charge in [0.05, 0.1) is 13.0 Å². The molecule has 1 heterocycles. The molecule has 0 aromatic rings. The van der Waals surface area contributed by atoms with Crippen molar-refractivity contribution in [3.63, 3.8) is 0 Å². The Hall–Kier alpha value is -1.26. The van der Waals surface area contributed by atoms with Crippen molar-refractivity contribution < 1.29 is 9.53 Å². The average Bonchev–Trinajstić information content (AvgIpc) is 3.18. The molecule has 0 aromatic heterocycles. The number of nitrogens with zero attached hydrogens (tertiary/aromatic N) is 2. The number of carbonyl (C=O) groups excluding carboxylic acids is 1. The van der Waals surface area contributed by atoms with E-state index in [9.17, 15) is 4.79 Å². The Kier molecular flexibility index (Phi) is 5.26. The number of nitrogens with one attached hydrogen (secondary N) is 1. The molecule has 5 heteroatoms. The van der Waals surface area contributed by atoms with Gasteiger partial charge >= 0.3 is 5.97 Å². The fourth-order valence-corrected chi connectivity index (χ4v) is 2.78. The first kappa shape index (κ1) is 15.1. The number of esters is 1. The first-order valence-corrected chi connectivity index (χ1v) is 7.76. The van der Waals surface area contributed by atoms with Gasteiger partial charge in [0.2, 0.25) is 0 Å². The van der Waals surface area contributed by atoms with Gasteiger partial charge in [-0.15, -0.1) is 0 Å². The highest BCUT2D eigenvalue weighted by atomic mass is 16.5. The molecular weight excluding hydrogens is 254 g/mol. The lowest BCUT2D eigenvalue weighted by atomic mass is 9.97. The summed E-state index contributed by atoms with van der Waals surface area (Å²) in [7, 11) is 1.47. The Labute approximate surface area is 121 Å². The van der Waals surface area contributed by atoms with Crippen LogP contribution < -0.4 is 5.32 Å². The summed E-state index contributed by atoms with van der Waals surface area (Å²) < 4.78 is 4.83. The lowest BCUT2D eigenvalue weighted by Gasteiger charge is -2.33. The third kappa shape index (κ3) is 3.87. The van der Waals surface area contributed by atoms with E-state index < -0.39 is 0 Å². The summed E-state index contributed by atoms with van der Waals surface area (Å²) in [4.78, 5) is 18.6. The molecule has 1 aliphatic heterocycles. The maximum absolute atomic E-state index is 11.5. The molecule has 114 valence electrons. The van der Waals surface area contributed by atoms with Crippen LogP contribution in [0.15, 0.2) is 4.99 Å². The van der Waals surface area contributed by atoms with Crippen LogP contribution in [0.4, 0.5) is 0 Å². The maximum atomic E-state index is 11.5. The number of guanidine groups is 1. The second-order valence-electron chi connectivity index (χ2n) is 5.95. The largest absolute Gasteiger partial charge is 0.469 e. The molecule has 2 unspecified atom stereocenters. The van der Waals surface area contributed by atoms with Gasteiger partial charge in [-0.25, -0.2) is 0 Å². The van der Waals surface area contributed by atoms with Crippen LogP contribution in [0.1, 0.15) is 33.1 Å². The second-order valence-corrected chi connectivity index (χ2v) is 5.95. The highest BCUT2D eigenvalue weighted by Crippen LogP contribution is 2.37. The van der Waals surface area contributed by atoms with Crippen molar-refractivity contribution in [3.05, 3.63) is 0 Å². The highest BCUT2D eigenvalue weighted by Gasteiger charge is 2.32. The first-order chi connectivity index (χ1) is 9.65. The maximum Gasteiger partial charge on any atom is 0.308 e. The van der Waals surface area contributed by atoms with Crippen LogP contribution in [0, 0.1) is 17.8 Å². The third-order valence-electron chi connectivity index (χ3n) is 4.42. The first-order valence-electron chi connectivity index (χ1n) is 7.76. The predicted molar refractivity (Wildman–Crippen MR) is 79.6 cm³/mol. The van der Waals surface area contributed by atoms with E-state index in [1.165, 1.54) is 13.5 Å². The number of aliphatic imine (C=N–C) groups is 1. The van der Waals surface area contributed by atoms with Gasteiger partial charge < -0.3 is 15.0 Å². The molecule has 0 bridgehead atoms. The number of rotatable bonds is 4. The molecule has 0 spiro atoms. The number of hydrogen-bond acceptors (Lipinski definition) is 3. The molecule has 0 radical (unpaired) electrons. The molecule has 5 nitrogen and oxygen atoms in total. The fraction of sp³-hybridized carbons (Fsp3) is 0.867. The van der Waals surface area contributed by atoms with E-state index in [0.29, 0.717) is 0 Å². The van der Waals surface area contributed by atoms with Gasteiger partial charge in [0.25, 0.3) is 0 Å². The number of piperidine rings is 1. The SMILES string of the molecule is CCNC(=NCC1CC1C)N1CCC(C(=O)OC)CC1. The molecule has 2 fully saturated rings. The molecule has 2 atom stereocenters. The smallest absolute Gasteiger partial charge is 0.308 e. The summed E-state index contributed by atoms with van der Waals surface area (Å²) in [6.07, 6.45) is 3.03. The molecule has 2 rings (SSSR count). The summed E-state index contributed by atoms with van der Waals surface area (Å²) in [5.74, 6) is 2.61. The van der Waals surface area contributed by atoms with Crippen molar-refractivity contribution in [2.45, 2.75) is 33.1 Å². The van der Waals surface area contributed by atoms with E-state index in [4.69, 9.17) is 9.73 Å². The number of hydrogen-bond donors (Lipinski definition) is 1. The Balaban J connectivity index is 1.85. The normalized spacial score (nSPS) is 27.4. The van der Waals surface area contributed by atoms with Crippen LogP contribution in [0.2, 0.25) is 0 Å². The minimum atomic E-state index is -0.0709. The third-order valence-corrected chi connectivity index (χ3v) is 4.42. The quantitative estimate of drug-likeness (QED) is 0.482. The molecule has 1 aliphatic carbocycles. The Bertz CT molecular complexity index is 362. The van der Waals surface area contributed by atoms with Gasteiger partial charge in [-0.3, -0.25) is 9.79 Å². The van der Waals surface area contributed by atoms with E-state index in [2.05, 4.69) is 24.1 Å². The topological polar surface area (TPSA) is 53.9 Å². The highest BCUT2D eigenvalue weighted by molar-refractivity contribution is 5.80. The van der Waals surface area contributed by atoms with Gasteiger partial charge in [-0.2, -0.15) is 0 Å². The van der Waals surface area contributed by atoms with Gasteiger partial charge in [-0.1, -0.05) is 6.92 Å². The van der Waals surface area contributed by atoms with Crippen LogP contribution in [-0.4, -0.2) is 50.1 Å². The molecule has 2 aliphatic rings. The minimum absolute atomic E-state index is 0.0579. The van der Waals surface area contributed by atoms with Gasteiger partial charge in [0.15, 0.2) is 5.96 Å². The zero-order valence-corrected chi connectivity index (χ0v) is 12.9.